The number of piperidine rings is 1. The third kappa shape index (κ3) is 2.65. The van der Waals surface area contributed by atoms with E-state index in [4.69, 9.17) is 0 Å². The lowest BCUT2D eigenvalue weighted by Gasteiger charge is -2.40. The van der Waals surface area contributed by atoms with Crippen LogP contribution in [0.2, 0.25) is 0 Å². The van der Waals surface area contributed by atoms with Crippen molar-refractivity contribution in [3.63, 3.8) is 0 Å². The van der Waals surface area contributed by atoms with Gasteiger partial charge in [-0.25, -0.2) is 0 Å². The van der Waals surface area contributed by atoms with Crippen molar-refractivity contribution >= 4 is 11.8 Å². The summed E-state index contributed by atoms with van der Waals surface area (Å²) in [5.41, 5.74) is -0.955. The highest BCUT2D eigenvalue weighted by Crippen LogP contribution is 2.71. The van der Waals surface area contributed by atoms with Gasteiger partial charge >= 0.3 is 0 Å². The third-order valence-electron chi connectivity index (χ3n) is 7.32. The summed E-state index contributed by atoms with van der Waals surface area (Å²) < 4.78 is 0. The largest absolute Gasteiger partial charge is 0.343 e. The molecule has 0 radical (unpaired) electrons. The smallest absolute Gasteiger partial charge is 0.245 e. The average Bonchev–Trinajstić information content (AvgIpc) is 3.03. The number of nitrogens with zero attached hydrogens (tertiary/aromatic N) is 2. The SMILES string of the molecule is N#C[C@]1(C(=O)N[C@H]2CCCN(C3CCCCC3)C2=O)CC12CCCC2. The van der Waals surface area contributed by atoms with E-state index in [1.165, 1.54) is 19.3 Å². The number of amides is 2. The van der Waals surface area contributed by atoms with Gasteiger partial charge in [0.05, 0.1) is 6.07 Å². The van der Waals surface area contributed by atoms with Gasteiger partial charge in [-0.1, -0.05) is 32.1 Å². The Bertz CT molecular complexity index is 599. The monoisotopic (exact) mass is 343 g/mol. The Morgan fingerprint density at radius 1 is 1.08 bits per heavy atom. The molecule has 1 heterocycles. The second kappa shape index (κ2) is 6.30. The number of carbonyl (C=O) groups is 2. The van der Waals surface area contributed by atoms with Gasteiger partial charge in [-0.2, -0.15) is 5.26 Å². The van der Waals surface area contributed by atoms with E-state index in [1.807, 2.05) is 4.90 Å². The summed E-state index contributed by atoms with van der Waals surface area (Å²) in [7, 11) is 0. The van der Waals surface area contributed by atoms with Crippen molar-refractivity contribution in [2.45, 2.75) is 89.1 Å². The van der Waals surface area contributed by atoms with Gasteiger partial charge < -0.3 is 10.2 Å². The molecule has 0 unspecified atom stereocenters. The van der Waals surface area contributed by atoms with Crippen molar-refractivity contribution in [2.75, 3.05) is 6.54 Å². The lowest BCUT2D eigenvalue weighted by Crippen LogP contribution is -2.56. The predicted octanol–water partition coefficient (Wildman–Crippen LogP) is 2.90. The van der Waals surface area contributed by atoms with Gasteiger partial charge in [0, 0.05) is 18.0 Å². The van der Waals surface area contributed by atoms with E-state index >= 15 is 0 Å². The molecule has 136 valence electrons. The zero-order chi connectivity index (χ0) is 17.5. The number of nitrogens with one attached hydrogen (secondary N) is 1. The van der Waals surface area contributed by atoms with Crippen molar-refractivity contribution in [1.29, 1.82) is 5.26 Å². The predicted molar refractivity (Wildman–Crippen MR) is 93.3 cm³/mol. The van der Waals surface area contributed by atoms with Crippen LogP contribution in [-0.2, 0) is 9.59 Å². The standard InChI is InChI=1S/C20H29N3O2/c21-14-20(13-19(20)10-4-5-11-19)18(25)22-16-9-6-12-23(17(16)24)15-7-2-1-3-8-15/h15-16H,1-13H2,(H,22,25)/t16-,20-/m0/s1. The highest BCUT2D eigenvalue weighted by atomic mass is 16.2. The number of nitriles is 1. The molecule has 0 aromatic rings. The van der Waals surface area contributed by atoms with Gasteiger partial charge in [-0.15, -0.1) is 0 Å². The molecule has 4 aliphatic rings. The molecule has 0 aromatic heterocycles. The Morgan fingerprint density at radius 3 is 2.48 bits per heavy atom. The summed E-state index contributed by atoms with van der Waals surface area (Å²) in [6.07, 6.45) is 12.4. The molecular formula is C20H29N3O2. The van der Waals surface area contributed by atoms with E-state index < -0.39 is 11.5 Å². The summed E-state index contributed by atoms with van der Waals surface area (Å²) in [5, 5.41) is 12.7. The van der Waals surface area contributed by atoms with Gasteiger partial charge in [0.1, 0.15) is 11.5 Å². The van der Waals surface area contributed by atoms with Crippen LogP contribution in [0.1, 0.15) is 77.0 Å². The first kappa shape index (κ1) is 16.9. The first-order valence-corrected chi connectivity index (χ1v) is 10.1. The minimum absolute atomic E-state index is 0.0840. The average molecular weight is 343 g/mol. The normalized spacial score (nSPS) is 34.8. The summed E-state index contributed by atoms with van der Waals surface area (Å²) in [5.74, 6) is -0.0959. The fourth-order valence-corrected chi connectivity index (χ4v) is 5.72. The molecule has 1 aliphatic heterocycles. The van der Waals surface area contributed by atoms with E-state index in [9.17, 15) is 14.9 Å². The zero-order valence-corrected chi connectivity index (χ0v) is 15.1. The van der Waals surface area contributed by atoms with Gasteiger partial charge in [0.25, 0.3) is 0 Å². The van der Waals surface area contributed by atoms with E-state index in [-0.39, 0.29) is 17.2 Å². The Hall–Kier alpha value is -1.57. The Morgan fingerprint density at radius 2 is 1.80 bits per heavy atom. The van der Waals surface area contributed by atoms with Crippen LogP contribution in [-0.4, -0.2) is 35.3 Å². The fraction of sp³-hybridized carbons (Fsp3) is 0.850. The quantitative estimate of drug-likeness (QED) is 0.856. The number of rotatable bonds is 3. The molecule has 3 saturated carbocycles. The van der Waals surface area contributed by atoms with Crippen LogP contribution in [0.5, 0.6) is 0 Å². The lowest BCUT2D eigenvalue weighted by atomic mass is 9.90. The van der Waals surface area contributed by atoms with Crippen LogP contribution in [0.3, 0.4) is 0 Å². The van der Waals surface area contributed by atoms with Crippen molar-refractivity contribution in [3.8, 4) is 6.07 Å². The lowest BCUT2D eigenvalue weighted by molar-refractivity contribution is -0.142. The van der Waals surface area contributed by atoms with E-state index in [0.717, 1.165) is 51.5 Å². The summed E-state index contributed by atoms with van der Waals surface area (Å²) >= 11 is 0. The van der Waals surface area contributed by atoms with Crippen LogP contribution in [0, 0.1) is 22.2 Å². The van der Waals surface area contributed by atoms with Crippen LogP contribution in [0.15, 0.2) is 0 Å². The maximum absolute atomic E-state index is 12.9. The molecule has 25 heavy (non-hydrogen) atoms. The number of likely N-dealkylation sites (tertiary alicyclic amines) is 1. The molecule has 1 spiro atoms. The van der Waals surface area contributed by atoms with Gasteiger partial charge in [0.15, 0.2) is 0 Å². The van der Waals surface area contributed by atoms with Crippen molar-refractivity contribution < 1.29 is 9.59 Å². The zero-order valence-electron chi connectivity index (χ0n) is 15.1. The summed E-state index contributed by atoms with van der Waals surface area (Å²) in [6.45, 7) is 0.823. The van der Waals surface area contributed by atoms with Crippen LogP contribution >= 0.6 is 0 Å². The summed E-state index contributed by atoms with van der Waals surface area (Å²) in [6, 6.07) is 2.26. The third-order valence-corrected chi connectivity index (χ3v) is 7.32. The molecule has 5 heteroatoms. The maximum Gasteiger partial charge on any atom is 0.245 e. The highest BCUT2D eigenvalue weighted by Gasteiger charge is 2.73. The Kier molecular flexibility index (Phi) is 4.25. The molecule has 1 N–H and O–H groups in total. The second-order valence-corrected chi connectivity index (χ2v) is 8.67. The van der Waals surface area contributed by atoms with E-state index in [2.05, 4.69) is 11.4 Å². The van der Waals surface area contributed by atoms with Crippen molar-refractivity contribution in [3.05, 3.63) is 0 Å². The molecule has 0 aromatic carbocycles. The number of carbonyl (C=O) groups excluding carboxylic acids is 2. The Balaban J connectivity index is 1.42. The molecule has 4 fully saturated rings. The first-order valence-electron chi connectivity index (χ1n) is 10.1. The molecule has 3 aliphatic carbocycles. The minimum Gasteiger partial charge on any atom is -0.343 e. The molecule has 1 saturated heterocycles. The van der Waals surface area contributed by atoms with Crippen molar-refractivity contribution in [2.24, 2.45) is 10.8 Å². The van der Waals surface area contributed by atoms with Crippen molar-refractivity contribution in [1.82, 2.24) is 10.2 Å². The van der Waals surface area contributed by atoms with Gasteiger partial charge in [0.2, 0.25) is 11.8 Å². The highest BCUT2D eigenvalue weighted by molar-refractivity contribution is 5.94. The molecule has 2 amide bonds. The molecule has 0 bridgehead atoms. The summed E-state index contributed by atoms with van der Waals surface area (Å²) in [4.78, 5) is 27.9. The Labute approximate surface area is 150 Å². The number of hydrogen-bond donors (Lipinski definition) is 1. The fourth-order valence-electron chi connectivity index (χ4n) is 5.72. The van der Waals surface area contributed by atoms with E-state index in [0.29, 0.717) is 18.9 Å². The topological polar surface area (TPSA) is 73.2 Å². The van der Waals surface area contributed by atoms with Crippen LogP contribution < -0.4 is 5.32 Å². The molecular weight excluding hydrogens is 314 g/mol. The first-order chi connectivity index (χ1) is 12.1. The number of hydrogen-bond acceptors (Lipinski definition) is 3. The molecule has 2 atom stereocenters. The van der Waals surface area contributed by atoms with Gasteiger partial charge in [-0.3, -0.25) is 9.59 Å². The van der Waals surface area contributed by atoms with E-state index in [1.54, 1.807) is 0 Å². The second-order valence-electron chi connectivity index (χ2n) is 8.67. The minimum atomic E-state index is -0.864. The van der Waals surface area contributed by atoms with Crippen LogP contribution in [0.25, 0.3) is 0 Å². The molecule has 4 rings (SSSR count). The van der Waals surface area contributed by atoms with Crippen LogP contribution in [0.4, 0.5) is 0 Å². The van der Waals surface area contributed by atoms with Gasteiger partial charge in [-0.05, 0) is 44.9 Å². The molecule has 5 nitrogen and oxygen atoms in total. The maximum atomic E-state index is 12.9.